The van der Waals surface area contributed by atoms with Crippen molar-refractivity contribution in [2.45, 2.75) is 66.0 Å². The Bertz CT molecular complexity index is 410. The number of aromatic nitrogens is 2. The molecule has 1 aromatic rings. The summed E-state index contributed by atoms with van der Waals surface area (Å²) in [5.41, 5.74) is 9.67. The lowest BCUT2D eigenvalue weighted by atomic mass is 9.80. The van der Waals surface area contributed by atoms with Gasteiger partial charge in [-0.3, -0.25) is 4.68 Å². The molecule has 3 heteroatoms. The second-order valence-corrected chi connectivity index (χ2v) is 6.39. The van der Waals surface area contributed by atoms with Crippen LogP contribution in [0.2, 0.25) is 0 Å². The molecule has 0 spiro atoms. The van der Waals surface area contributed by atoms with Gasteiger partial charge in [-0.15, -0.1) is 0 Å². The van der Waals surface area contributed by atoms with Crippen LogP contribution in [-0.4, -0.2) is 9.78 Å². The van der Waals surface area contributed by atoms with Gasteiger partial charge in [0.1, 0.15) is 0 Å². The fourth-order valence-electron chi connectivity index (χ4n) is 3.79. The largest absolute Gasteiger partial charge is 0.324 e. The van der Waals surface area contributed by atoms with E-state index in [1.165, 1.54) is 30.5 Å². The van der Waals surface area contributed by atoms with Crippen LogP contribution in [0.1, 0.15) is 69.1 Å². The predicted molar refractivity (Wildman–Crippen MR) is 75.5 cm³/mol. The van der Waals surface area contributed by atoms with Gasteiger partial charge >= 0.3 is 0 Å². The number of hydrogen-bond acceptors (Lipinski definition) is 2. The van der Waals surface area contributed by atoms with Crippen molar-refractivity contribution in [1.29, 1.82) is 0 Å². The van der Waals surface area contributed by atoms with E-state index in [-0.39, 0.29) is 6.04 Å². The van der Waals surface area contributed by atoms with Gasteiger partial charge in [-0.2, -0.15) is 5.10 Å². The summed E-state index contributed by atoms with van der Waals surface area (Å²) in [4.78, 5) is 0. The highest BCUT2D eigenvalue weighted by Gasteiger charge is 2.28. The Labute approximate surface area is 111 Å². The molecule has 0 radical (unpaired) electrons. The summed E-state index contributed by atoms with van der Waals surface area (Å²) in [5.74, 6) is 1.61. The SMILES string of the molecule is Cc1nn(C2CC(C)CC(C)C2)c(C)c1C(C)N. The van der Waals surface area contributed by atoms with Crippen LogP contribution in [0.15, 0.2) is 0 Å². The van der Waals surface area contributed by atoms with Gasteiger partial charge in [0.05, 0.1) is 11.7 Å². The van der Waals surface area contributed by atoms with Crippen LogP contribution in [0.5, 0.6) is 0 Å². The van der Waals surface area contributed by atoms with E-state index < -0.39 is 0 Å². The molecule has 2 rings (SSSR count). The number of aryl methyl sites for hydroxylation is 1. The first-order valence-corrected chi connectivity index (χ1v) is 7.21. The standard InChI is InChI=1S/C15H27N3/c1-9-6-10(2)8-14(7-9)18-13(5)15(11(3)16)12(4)17-18/h9-11,14H,6-8,16H2,1-5H3. The van der Waals surface area contributed by atoms with Crippen LogP contribution in [0.3, 0.4) is 0 Å². The topological polar surface area (TPSA) is 43.8 Å². The first kappa shape index (κ1) is 13.6. The Morgan fingerprint density at radius 1 is 1.17 bits per heavy atom. The van der Waals surface area contributed by atoms with Crippen LogP contribution < -0.4 is 5.73 Å². The lowest BCUT2D eigenvalue weighted by Gasteiger charge is -2.32. The predicted octanol–water partition coefficient (Wildman–Crippen LogP) is 3.52. The van der Waals surface area contributed by atoms with Crippen molar-refractivity contribution in [3.63, 3.8) is 0 Å². The summed E-state index contributed by atoms with van der Waals surface area (Å²) in [7, 11) is 0. The molecule has 1 aliphatic carbocycles. The summed E-state index contributed by atoms with van der Waals surface area (Å²) in [6.07, 6.45) is 3.87. The van der Waals surface area contributed by atoms with Crippen molar-refractivity contribution in [2.75, 3.05) is 0 Å². The average molecular weight is 249 g/mol. The van der Waals surface area contributed by atoms with Gasteiger partial charge in [0, 0.05) is 17.3 Å². The van der Waals surface area contributed by atoms with Crippen LogP contribution in [0.4, 0.5) is 0 Å². The van der Waals surface area contributed by atoms with Crippen molar-refractivity contribution in [3.8, 4) is 0 Å². The van der Waals surface area contributed by atoms with Crippen molar-refractivity contribution in [2.24, 2.45) is 17.6 Å². The van der Waals surface area contributed by atoms with Crippen LogP contribution in [0, 0.1) is 25.7 Å². The van der Waals surface area contributed by atoms with Crippen LogP contribution in [0.25, 0.3) is 0 Å². The molecule has 1 fully saturated rings. The quantitative estimate of drug-likeness (QED) is 0.871. The maximum atomic E-state index is 6.06. The Kier molecular flexibility index (Phi) is 3.81. The minimum atomic E-state index is 0.0807. The molecular formula is C15H27N3. The third-order valence-corrected chi connectivity index (χ3v) is 4.34. The van der Waals surface area contributed by atoms with Gasteiger partial charge < -0.3 is 5.73 Å². The number of nitrogens with zero attached hydrogens (tertiary/aromatic N) is 2. The fourth-order valence-corrected chi connectivity index (χ4v) is 3.79. The van der Waals surface area contributed by atoms with Crippen molar-refractivity contribution in [1.82, 2.24) is 9.78 Å². The lowest BCUT2D eigenvalue weighted by molar-refractivity contribution is 0.207. The molecule has 1 heterocycles. The monoisotopic (exact) mass is 249 g/mol. The third kappa shape index (κ3) is 2.46. The first-order chi connectivity index (χ1) is 8.40. The highest BCUT2D eigenvalue weighted by atomic mass is 15.3. The van der Waals surface area contributed by atoms with Gasteiger partial charge in [-0.05, 0) is 51.9 Å². The van der Waals surface area contributed by atoms with Gasteiger partial charge in [0.15, 0.2) is 0 Å². The van der Waals surface area contributed by atoms with Gasteiger partial charge in [0.25, 0.3) is 0 Å². The maximum Gasteiger partial charge on any atom is 0.0644 e. The highest BCUT2D eigenvalue weighted by molar-refractivity contribution is 5.27. The molecule has 2 N–H and O–H groups in total. The summed E-state index contributed by atoms with van der Waals surface area (Å²) >= 11 is 0. The number of hydrogen-bond donors (Lipinski definition) is 1. The number of nitrogens with two attached hydrogens (primary N) is 1. The number of rotatable bonds is 2. The molecule has 3 atom stereocenters. The maximum absolute atomic E-state index is 6.06. The second kappa shape index (κ2) is 5.04. The molecule has 18 heavy (non-hydrogen) atoms. The zero-order valence-corrected chi connectivity index (χ0v) is 12.4. The smallest absolute Gasteiger partial charge is 0.0644 e. The van der Waals surface area contributed by atoms with E-state index in [4.69, 9.17) is 10.8 Å². The van der Waals surface area contributed by atoms with E-state index >= 15 is 0 Å². The van der Waals surface area contributed by atoms with E-state index in [2.05, 4.69) is 32.4 Å². The normalized spacial score (nSPS) is 30.4. The van der Waals surface area contributed by atoms with Gasteiger partial charge in [-0.1, -0.05) is 13.8 Å². The molecule has 102 valence electrons. The summed E-state index contributed by atoms with van der Waals surface area (Å²) < 4.78 is 2.25. The molecule has 3 unspecified atom stereocenters. The molecule has 1 aromatic heterocycles. The van der Waals surface area contributed by atoms with Crippen molar-refractivity contribution < 1.29 is 0 Å². The summed E-state index contributed by atoms with van der Waals surface area (Å²) in [5, 5.41) is 4.76. The molecule has 3 nitrogen and oxygen atoms in total. The Morgan fingerprint density at radius 2 is 1.72 bits per heavy atom. The van der Waals surface area contributed by atoms with E-state index in [1.54, 1.807) is 0 Å². The zero-order chi connectivity index (χ0) is 13.4. The van der Waals surface area contributed by atoms with E-state index in [0.29, 0.717) is 6.04 Å². The fraction of sp³-hybridized carbons (Fsp3) is 0.800. The van der Waals surface area contributed by atoms with Crippen LogP contribution >= 0.6 is 0 Å². The van der Waals surface area contributed by atoms with E-state index in [9.17, 15) is 0 Å². The van der Waals surface area contributed by atoms with E-state index in [1.807, 2.05) is 6.92 Å². The zero-order valence-electron chi connectivity index (χ0n) is 12.4. The minimum Gasteiger partial charge on any atom is -0.324 e. The van der Waals surface area contributed by atoms with Crippen molar-refractivity contribution in [3.05, 3.63) is 17.0 Å². The summed E-state index contributed by atoms with van der Waals surface area (Å²) in [6.45, 7) is 11.0. The molecule has 0 bridgehead atoms. The Hall–Kier alpha value is -0.830. The Balaban J connectivity index is 2.31. The summed E-state index contributed by atoms with van der Waals surface area (Å²) in [6, 6.07) is 0.645. The molecule has 0 aromatic carbocycles. The van der Waals surface area contributed by atoms with Gasteiger partial charge in [-0.25, -0.2) is 0 Å². The highest BCUT2D eigenvalue weighted by Crippen LogP contribution is 2.37. The molecule has 0 saturated heterocycles. The lowest BCUT2D eigenvalue weighted by Crippen LogP contribution is -2.24. The van der Waals surface area contributed by atoms with E-state index in [0.717, 1.165) is 17.5 Å². The molecule has 0 amide bonds. The first-order valence-electron chi connectivity index (χ1n) is 7.21. The molecular weight excluding hydrogens is 222 g/mol. The molecule has 0 aliphatic heterocycles. The second-order valence-electron chi connectivity index (χ2n) is 6.39. The third-order valence-electron chi connectivity index (χ3n) is 4.34. The van der Waals surface area contributed by atoms with Gasteiger partial charge in [0.2, 0.25) is 0 Å². The molecule has 1 saturated carbocycles. The average Bonchev–Trinajstić information content (AvgIpc) is 2.52. The molecule has 1 aliphatic rings. The van der Waals surface area contributed by atoms with Crippen LogP contribution in [-0.2, 0) is 0 Å². The van der Waals surface area contributed by atoms with Crippen molar-refractivity contribution >= 4 is 0 Å². The minimum absolute atomic E-state index is 0.0807. The Morgan fingerprint density at radius 3 is 2.17 bits per heavy atom.